The summed E-state index contributed by atoms with van der Waals surface area (Å²) in [5, 5.41) is 0. The van der Waals surface area contributed by atoms with Crippen LogP contribution in [-0.2, 0) is 12.0 Å². The lowest BCUT2D eigenvalue weighted by Crippen LogP contribution is -2.40. The van der Waals surface area contributed by atoms with Crippen molar-refractivity contribution in [2.45, 2.75) is 32.2 Å². The molecule has 2 aliphatic carbocycles. The first-order chi connectivity index (χ1) is 15.1. The molecule has 2 atom stereocenters. The first-order valence-corrected chi connectivity index (χ1v) is 10.8. The van der Waals surface area contributed by atoms with Gasteiger partial charge in [0.25, 0.3) is 0 Å². The molecule has 0 fully saturated rings. The molecule has 0 radical (unpaired) electrons. The third kappa shape index (κ3) is 4.36. The maximum atomic E-state index is 11.9. The van der Waals surface area contributed by atoms with Crippen molar-refractivity contribution in [1.29, 1.82) is 0 Å². The molecule has 3 nitrogen and oxygen atoms in total. The quantitative estimate of drug-likeness (QED) is 0.372. The van der Waals surface area contributed by atoms with E-state index in [1.807, 2.05) is 60.9 Å². The Balaban J connectivity index is 1.56. The average Bonchev–Trinajstić information content (AvgIpc) is 2.75. The zero-order valence-corrected chi connectivity index (χ0v) is 18.1. The van der Waals surface area contributed by atoms with Crippen molar-refractivity contribution in [3.8, 4) is 0 Å². The number of hydrogen-bond acceptors (Lipinski definition) is 2. The molecule has 4 rings (SSSR count). The summed E-state index contributed by atoms with van der Waals surface area (Å²) in [6, 6.07) is 13.8. The number of benzene rings is 1. The summed E-state index contributed by atoms with van der Waals surface area (Å²) < 4.78 is 0. The van der Waals surface area contributed by atoms with E-state index in [1.165, 1.54) is 16.7 Å². The molecule has 2 aromatic rings. The summed E-state index contributed by atoms with van der Waals surface area (Å²) in [6.45, 7) is 4.27. The highest BCUT2D eigenvalue weighted by Gasteiger charge is 2.46. The van der Waals surface area contributed by atoms with Crippen LogP contribution in [0.1, 0.15) is 37.1 Å². The maximum absolute atomic E-state index is 11.9. The number of pyridine rings is 1. The molecule has 1 aromatic carbocycles. The third-order valence-corrected chi connectivity index (χ3v) is 5.99. The Morgan fingerprint density at radius 2 is 1.81 bits per heavy atom. The van der Waals surface area contributed by atoms with Gasteiger partial charge in [-0.25, -0.2) is 0 Å². The fourth-order valence-corrected chi connectivity index (χ4v) is 4.80. The Kier molecular flexibility index (Phi) is 6.13. The molecule has 156 valence electrons. The average molecular weight is 409 g/mol. The van der Waals surface area contributed by atoms with E-state index in [1.54, 1.807) is 6.07 Å². The summed E-state index contributed by atoms with van der Waals surface area (Å²) in [5.41, 5.74) is 5.50. The summed E-state index contributed by atoms with van der Waals surface area (Å²) >= 11 is 0. The first-order valence-electron chi connectivity index (χ1n) is 10.8. The van der Waals surface area contributed by atoms with Gasteiger partial charge in [-0.2, -0.15) is 0 Å². The molecule has 0 saturated heterocycles. The molecule has 1 heterocycles. The number of H-pyrrole nitrogens is 1. The highest BCUT2D eigenvalue weighted by Crippen LogP contribution is 2.51. The van der Waals surface area contributed by atoms with Crippen LogP contribution in [0.4, 0.5) is 0 Å². The second-order valence-electron chi connectivity index (χ2n) is 8.14. The number of fused-ring (bicyclic) bond motifs is 4. The first kappa shape index (κ1) is 20.8. The van der Waals surface area contributed by atoms with Crippen LogP contribution in [0.25, 0.3) is 6.08 Å². The van der Waals surface area contributed by atoms with Crippen molar-refractivity contribution in [3.63, 3.8) is 0 Å². The Hall–Kier alpha value is -3.46. The highest BCUT2D eigenvalue weighted by molar-refractivity contribution is 5.73. The zero-order chi connectivity index (χ0) is 21.7. The van der Waals surface area contributed by atoms with E-state index < -0.39 is 5.54 Å². The summed E-state index contributed by atoms with van der Waals surface area (Å²) in [7, 11) is 0. The van der Waals surface area contributed by atoms with Crippen LogP contribution in [0.5, 0.6) is 0 Å². The van der Waals surface area contributed by atoms with Gasteiger partial charge in [0.1, 0.15) is 5.54 Å². The number of allylic oxidation sites excluding steroid dienone is 7. The summed E-state index contributed by atoms with van der Waals surface area (Å²) in [6.07, 6.45) is 20.2. The number of aromatic amines is 1. The van der Waals surface area contributed by atoms with E-state index in [4.69, 9.17) is 4.99 Å². The predicted molar refractivity (Wildman–Crippen MR) is 130 cm³/mol. The predicted octanol–water partition coefficient (Wildman–Crippen LogP) is 5.94. The van der Waals surface area contributed by atoms with Crippen LogP contribution in [0.15, 0.2) is 106 Å². The zero-order valence-electron chi connectivity index (χ0n) is 18.1. The molecular formula is C28H28N2O. The van der Waals surface area contributed by atoms with E-state index in [-0.39, 0.29) is 11.5 Å². The minimum Gasteiger partial charge on any atom is -0.326 e. The van der Waals surface area contributed by atoms with Crippen LogP contribution < -0.4 is 5.56 Å². The lowest BCUT2D eigenvalue weighted by Gasteiger charge is -2.45. The van der Waals surface area contributed by atoms with Crippen molar-refractivity contribution in [2.75, 3.05) is 0 Å². The Labute approximate surface area is 184 Å². The SMILES string of the molecule is C/C=C1\[C@H]2C=C(C)C[C@]1(/N=C/C=C/C=C/C=C/c1ccccc1)c1ccc(=O)[nH]c1C2. The number of aromatic nitrogens is 1. The second kappa shape index (κ2) is 9.13. The van der Waals surface area contributed by atoms with Gasteiger partial charge in [0, 0.05) is 35.9 Å². The molecule has 3 heteroatoms. The topological polar surface area (TPSA) is 45.2 Å². The monoisotopic (exact) mass is 408 g/mol. The normalized spacial score (nSPS) is 24.5. The molecule has 2 bridgehead atoms. The van der Waals surface area contributed by atoms with Crippen LogP contribution in [0, 0.1) is 5.92 Å². The van der Waals surface area contributed by atoms with E-state index in [0.29, 0.717) is 0 Å². The molecule has 0 saturated carbocycles. The van der Waals surface area contributed by atoms with E-state index in [2.05, 4.69) is 49.2 Å². The Bertz CT molecular complexity index is 1170. The van der Waals surface area contributed by atoms with Crippen LogP contribution in [0.2, 0.25) is 0 Å². The molecule has 1 N–H and O–H groups in total. The fraction of sp³-hybridized carbons (Fsp3) is 0.214. The minimum atomic E-state index is -0.433. The van der Waals surface area contributed by atoms with Crippen LogP contribution in [0.3, 0.4) is 0 Å². The lowest BCUT2D eigenvalue weighted by molar-refractivity contribution is 0.413. The van der Waals surface area contributed by atoms with Gasteiger partial charge in [-0.1, -0.05) is 78.4 Å². The molecule has 31 heavy (non-hydrogen) atoms. The molecule has 0 amide bonds. The van der Waals surface area contributed by atoms with Crippen molar-refractivity contribution < 1.29 is 0 Å². The minimum absolute atomic E-state index is 0.0471. The summed E-state index contributed by atoms with van der Waals surface area (Å²) in [4.78, 5) is 20.0. The van der Waals surface area contributed by atoms with E-state index >= 15 is 0 Å². The number of nitrogens with zero attached hydrogens (tertiary/aromatic N) is 1. The van der Waals surface area contributed by atoms with Crippen LogP contribution >= 0.6 is 0 Å². The number of nitrogens with one attached hydrogen (secondary N) is 1. The van der Waals surface area contributed by atoms with Gasteiger partial charge in [0.15, 0.2) is 0 Å². The van der Waals surface area contributed by atoms with Gasteiger partial charge in [0.05, 0.1) is 0 Å². The van der Waals surface area contributed by atoms with E-state index in [0.717, 1.165) is 24.1 Å². The molecule has 0 spiro atoms. The van der Waals surface area contributed by atoms with Crippen molar-refractivity contribution in [2.24, 2.45) is 10.9 Å². The van der Waals surface area contributed by atoms with Crippen molar-refractivity contribution in [1.82, 2.24) is 4.98 Å². The number of rotatable bonds is 5. The van der Waals surface area contributed by atoms with Crippen LogP contribution in [-0.4, -0.2) is 11.2 Å². The van der Waals surface area contributed by atoms with Gasteiger partial charge in [0.2, 0.25) is 5.56 Å². The largest absolute Gasteiger partial charge is 0.326 e. The molecule has 0 unspecified atom stereocenters. The molecular weight excluding hydrogens is 380 g/mol. The highest BCUT2D eigenvalue weighted by atomic mass is 16.1. The molecule has 1 aromatic heterocycles. The summed E-state index contributed by atoms with van der Waals surface area (Å²) in [5.74, 6) is 0.286. The van der Waals surface area contributed by atoms with Gasteiger partial charge in [-0.15, -0.1) is 0 Å². The van der Waals surface area contributed by atoms with Crippen molar-refractivity contribution >= 4 is 12.3 Å². The number of aliphatic imine (C=N–C) groups is 1. The van der Waals surface area contributed by atoms with Gasteiger partial charge in [-0.3, -0.25) is 9.79 Å². The molecule has 0 aliphatic heterocycles. The molecule has 2 aliphatic rings. The van der Waals surface area contributed by atoms with Gasteiger partial charge < -0.3 is 4.98 Å². The van der Waals surface area contributed by atoms with Gasteiger partial charge >= 0.3 is 0 Å². The Morgan fingerprint density at radius 3 is 2.61 bits per heavy atom. The maximum Gasteiger partial charge on any atom is 0.248 e. The van der Waals surface area contributed by atoms with Crippen molar-refractivity contribution in [3.05, 3.63) is 123 Å². The second-order valence-corrected chi connectivity index (χ2v) is 8.14. The van der Waals surface area contributed by atoms with Gasteiger partial charge in [-0.05, 0) is 43.5 Å². The smallest absolute Gasteiger partial charge is 0.248 e. The third-order valence-electron chi connectivity index (χ3n) is 5.99. The number of hydrogen-bond donors (Lipinski definition) is 1. The van der Waals surface area contributed by atoms with E-state index in [9.17, 15) is 4.79 Å². The Morgan fingerprint density at radius 1 is 1.03 bits per heavy atom. The standard InChI is InChI=1S/C28H28N2O/c1-3-24-23-18-21(2)20-28(24,25-15-16-27(31)30-26(25)19-23)29-17-11-6-4-5-8-12-22-13-9-7-10-14-22/h3-18,23H,19-20H2,1-2H3,(H,30,31)/b5-4+,11-6+,12-8+,24-3+,29-17+/t23-,28+/m0/s1. The lowest BCUT2D eigenvalue weighted by atomic mass is 9.63. The fourth-order valence-electron chi connectivity index (χ4n) is 4.80.